The number of halogens is 1. The first kappa shape index (κ1) is 25.7. The number of hydrogen-bond acceptors (Lipinski definition) is 4. The summed E-state index contributed by atoms with van der Waals surface area (Å²) in [4.78, 5) is 26.3. The van der Waals surface area contributed by atoms with E-state index in [4.69, 9.17) is 16.3 Å². The Bertz CT molecular complexity index is 1210. The Morgan fingerprint density at radius 1 is 0.811 bits per heavy atom. The second kappa shape index (κ2) is 11.6. The van der Waals surface area contributed by atoms with Crippen LogP contribution in [0.3, 0.4) is 0 Å². The van der Waals surface area contributed by atoms with Crippen molar-refractivity contribution in [2.24, 2.45) is 0 Å². The molecule has 1 aliphatic heterocycles. The molecule has 1 saturated heterocycles. The average Bonchev–Trinajstić information content (AvgIpc) is 3.49. The molecular formula is C32H34ClNO3. The molecule has 192 valence electrons. The van der Waals surface area contributed by atoms with Gasteiger partial charge in [-0.05, 0) is 49.8 Å². The van der Waals surface area contributed by atoms with Crippen molar-refractivity contribution < 1.29 is 14.3 Å². The molecule has 0 radical (unpaired) electrons. The highest BCUT2D eigenvalue weighted by molar-refractivity contribution is 6.31. The maximum absolute atomic E-state index is 13.5. The second-order valence-corrected chi connectivity index (χ2v) is 10.7. The monoisotopic (exact) mass is 515 g/mol. The number of ether oxygens (including phenoxy) is 1. The average molecular weight is 516 g/mol. The van der Waals surface area contributed by atoms with Crippen LogP contribution in [0.2, 0.25) is 5.02 Å². The number of Topliss-reactive ketones (excluding diaryl/α,β-unsaturated/α-hetero) is 1. The second-order valence-electron chi connectivity index (χ2n) is 10.3. The molecule has 1 saturated carbocycles. The zero-order valence-electron chi connectivity index (χ0n) is 21.1. The van der Waals surface area contributed by atoms with Gasteiger partial charge in [0.15, 0.2) is 11.4 Å². The molecule has 2 aliphatic rings. The number of nitrogens with one attached hydrogen (secondary N) is 1. The molecule has 4 nitrogen and oxygen atoms in total. The highest BCUT2D eigenvalue weighted by atomic mass is 35.5. The number of hydrogen-bond donors (Lipinski definition) is 1. The molecule has 37 heavy (non-hydrogen) atoms. The molecule has 0 aromatic heterocycles. The zero-order valence-corrected chi connectivity index (χ0v) is 21.9. The van der Waals surface area contributed by atoms with E-state index >= 15 is 0 Å². The smallest absolute Gasteiger partial charge is 0.314 e. The molecule has 3 aromatic carbocycles. The van der Waals surface area contributed by atoms with Crippen molar-refractivity contribution in [3.63, 3.8) is 0 Å². The van der Waals surface area contributed by atoms with Crippen LogP contribution < -0.4 is 5.32 Å². The molecule has 1 heterocycles. The molecule has 2 fully saturated rings. The van der Waals surface area contributed by atoms with Crippen LogP contribution in [0.25, 0.3) is 0 Å². The molecule has 0 spiro atoms. The summed E-state index contributed by atoms with van der Waals surface area (Å²) in [6, 6.07) is 25.4. The Morgan fingerprint density at radius 3 is 2.16 bits per heavy atom. The summed E-state index contributed by atoms with van der Waals surface area (Å²) >= 11 is 6.79. The molecule has 1 unspecified atom stereocenters. The van der Waals surface area contributed by atoms with Crippen LogP contribution in [0.5, 0.6) is 0 Å². The van der Waals surface area contributed by atoms with Gasteiger partial charge in [0.25, 0.3) is 0 Å². The van der Waals surface area contributed by atoms with Crippen molar-refractivity contribution in [1.82, 2.24) is 5.32 Å². The van der Waals surface area contributed by atoms with Crippen LogP contribution in [-0.2, 0) is 19.9 Å². The molecule has 3 aromatic rings. The van der Waals surface area contributed by atoms with E-state index in [0.29, 0.717) is 16.5 Å². The standard InChI is InChI=1S/C32H34ClNO3/c33-28-15-8-7-14-27(28)32(25-12-5-2-6-13-25,37-31(36)22-30(35)29-16-9-21-34-29)26-19-17-24(18-20-26)23-10-3-1-4-11-23/h2,5-8,12-15,17-20,23,29,34H,1,3-4,9-11,16,21-22H2/t29-,32?/m0/s1. The fourth-order valence-corrected chi connectivity index (χ4v) is 6.20. The van der Waals surface area contributed by atoms with E-state index in [-0.39, 0.29) is 18.2 Å². The van der Waals surface area contributed by atoms with Crippen LogP contribution >= 0.6 is 11.6 Å². The minimum atomic E-state index is -1.29. The molecule has 0 amide bonds. The third kappa shape index (κ3) is 5.51. The van der Waals surface area contributed by atoms with E-state index in [9.17, 15) is 9.59 Å². The minimum Gasteiger partial charge on any atom is -0.444 e. The SMILES string of the molecule is O=C(CC(=O)[C@@H]1CCCN1)OC(c1ccccc1)(c1ccc(C2CCCCC2)cc1)c1ccccc1Cl. The van der Waals surface area contributed by atoms with Crippen molar-refractivity contribution in [2.45, 2.75) is 68.9 Å². The predicted octanol–water partition coefficient (Wildman–Crippen LogP) is 6.93. The van der Waals surface area contributed by atoms with Crippen molar-refractivity contribution >= 4 is 23.4 Å². The van der Waals surface area contributed by atoms with Crippen molar-refractivity contribution in [3.05, 3.63) is 106 Å². The Hall–Kier alpha value is -2.95. The highest BCUT2D eigenvalue weighted by Crippen LogP contribution is 2.44. The Morgan fingerprint density at radius 2 is 1.49 bits per heavy atom. The lowest BCUT2D eigenvalue weighted by molar-refractivity contribution is -0.155. The number of ketones is 1. The number of carbonyl (C=O) groups is 2. The summed E-state index contributed by atoms with van der Waals surface area (Å²) in [5.41, 5.74) is 2.30. The number of esters is 1. The Kier molecular flexibility index (Phi) is 8.07. The van der Waals surface area contributed by atoms with Crippen LogP contribution in [0, 0.1) is 0 Å². The molecule has 5 heteroatoms. The van der Waals surface area contributed by atoms with Gasteiger partial charge < -0.3 is 10.1 Å². The van der Waals surface area contributed by atoms with Gasteiger partial charge in [-0.1, -0.05) is 104 Å². The van der Waals surface area contributed by atoms with Gasteiger partial charge in [-0.3, -0.25) is 9.59 Å². The normalized spacial score (nSPS) is 19.8. The first-order valence-corrected chi connectivity index (χ1v) is 13.8. The van der Waals surface area contributed by atoms with Gasteiger partial charge in [0.05, 0.1) is 6.04 Å². The van der Waals surface area contributed by atoms with E-state index < -0.39 is 11.6 Å². The summed E-state index contributed by atoms with van der Waals surface area (Å²) in [6.07, 6.45) is 7.67. The van der Waals surface area contributed by atoms with Gasteiger partial charge in [0.2, 0.25) is 0 Å². The largest absolute Gasteiger partial charge is 0.444 e. The van der Waals surface area contributed by atoms with Gasteiger partial charge in [0, 0.05) is 21.7 Å². The molecule has 1 aliphatic carbocycles. The quantitative estimate of drug-likeness (QED) is 0.201. The molecule has 1 N–H and O–H groups in total. The summed E-state index contributed by atoms with van der Waals surface area (Å²) in [6.45, 7) is 0.798. The van der Waals surface area contributed by atoms with Crippen LogP contribution in [0.4, 0.5) is 0 Å². The first-order valence-electron chi connectivity index (χ1n) is 13.5. The van der Waals surface area contributed by atoms with Gasteiger partial charge in [-0.25, -0.2) is 0 Å². The third-order valence-electron chi connectivity index (χ3n) is 7.86. The number of benzene rings is 3. The summed E-state index contributed by atoms with van der Waals surface area (Å²) in [5.74, 6) is -0.122. The van der Waals surface area contributed by atoms with Gasteiger partial charge in [-0.15, -0.1) is 0 Å². The molecule has 5 rings (SSSR count). The van der Waals surface area contributed by atoms with E-state index in [1.807, 2.05) is 54.6 Å². The van der Waals surface area contributed by atoms with E-state index in [1.165, 1.54) is 37.7 Å². The van der Waals surface area contributed by atoms with Gasteiger partial charge in [-0.2, -0.15) is 0 Å². The lowest BCUT2D eigenvalue weighted by Crippen LogP contribution is -2.38. The number of rotatable bonds is 8. The van der Waals surface area contributed by atoms with Crippen LogP contribution in [0.1, 0.15) is 79.5 Å². The summed E-state index contributed by atoms with van der Waals surface area (Å²) < 4.78 is 6.42. The first-order chi connectivity index (χ1) is 18.1. The minimum absolute atomic E-state index is 0.128. The molecule has 0 bridgehead atoms. The fourth-order valence-electron chi connectivity index (χ4n) is 5.93. The van der Waals surface area contributed by atoms with E-state index in [0.717, 1.165) is 30.5 Å². The molecular weight excluding hydrogens is 482 g/mol. The van der Waals surface area contributed by atoms with Crippen LogP contribution in [0.15, 0.2) is 78.9 Å². The van der Waals surface area contributed by atoms with Crippen LogP contribution in [-0.4, -0.2) is 24.3 Å². The van der Waals surface area contributed by atoms with Gasteiger partial charge >= 0.3 is 5.97 Å². The summed E-state index contributed by atoms with van der Waals surface area (Å²) in [5, 5.41) is 3.69. The van der Waals surface area contributed by atoms with E-state index in [2.05, 4.69) is 29.6 Å². The van der Waals surface area contributed by atoms with E-state index in [1.54, 1.807) is 0 Å². The third-order valence-corrected chi connectivity index (χ3v) is 8.19. The van der Waals surface area contributed by atoms with Crippen molar-refractivity contribution in [3.8, 4) is 0 Å². The molecule has 2 atom stereocenters. The maximum atomic E-state index is 13.5. The summed E-state index contributed by atoms with van der Waals surface area (Å²) in [7, 11) is 0. The van der Waals surface area contributed by atoms with Crippen molar-refractivity contribution in [1.29, 1.82) is 0 Å². The lowest BCUT2D eigenvalue weighted by atomic mass is 9.78. The Labute approximate surface area is 224 Å². The Balaban J connectivity index is 1.57. The van der Waals surface area contributed by atoms with Crippen molar-refractivity contribution in [2.75, 3.05) is 6.54 Å². The number of carbonyl (C=O) groups excluding carboxylic acids is 2. The highest BCUT2D eigenvalue weighted by Gasteiger charge is 2.42. The zero-order chi connectivity index (χ0) is 25.7. The maximum Gasteiger partial charge on any atom is 0.314 e. The predicted molar refractivity (Wildman–Crippen MR) is 147 cm³/mol. The van der Waals surface area contributed by atoms with Gasteiger partial charge in [0.1, 0.15) is 6.42 Å². The lowest BCUT2D eigenvalue weighted by Gasteiger charge is -2.36. The fraction of sp³-hybridized carbons (Fsp3) is 0.375. The topological polar surface area (TPSA) is 55.4 Å².